The van der Waals surface area contributed by atoms with Gasteiger partial charge >= 0.3 is 5.97 Å². The van der Waals surface area contributed by atoms with Gasteiger partial charge in [0.2, 0.25) is 5.91 Å². The van der Waals surface area contributed by atoms with Gasteiger partial charge in [-0.15, -0.1) is 0 Å². The average Bonchev–Trinajstić information content (AvgIpc) is 3.55. The van der Waals surface area contributed by atoms with Crippen molar-refractivity contribution in [1.82, 2.24) is 10.3 Å². The van der Waals surface area contributed by atoms with Crippen LogP contribution in [0.3, 0.4) is 0 Å². The summed E-state index contributed by atoms with van der Waals surface area (Å²) in [5.41, 5.74) is 3.71. The molecule has 198 valence electrons. The third-order valence-electron chi connectivity index (χ3n) is 6.48. The minimum absolute atomic E-state index is 0.0407. The van der Waals surface area contributed by atoms with Crippen molar-refractivity contribution in [3.63, 3.8) is 0 Å². The van der Waals surface area contributed by atoms with E-state index in [4.69, 9.17) is 21.4 Å². The van der Waals surface area contributed by atoms with Crippen LogP contribution in [0.4, 0.5) is 11.4 Å². The average molecular weight is 543 g/mol. The second-order valence-corrected chi connectivity index (χ2v) is 9.42. The van der Waals surface area contributed by atoms with Crippen LogP contribution >= 0.6 is 12.2 Å². The number of carbonyl (C=O) groups is 2. The van der Waals surface area contributed by atoms with Crippen LogP contribution in [0.1, 0.15) is 39.5 Å². The van der Waals surface area contributed by atoms with Crippen molar-refractivity contribution in [3.8, 4) is 11.3 Å². The molecule has 9 nitrogen and oxygen atoms in total. The van der Waals surface area contributed by atoms with Gasteiger partial charge in [0.05, 0.1) is 17.3 Å². The minimum Gasteiger partial charge on any atom is -0.478 e. The van der Waals surface area contributed by atoms with Crippen molar-refractivity contribution in [2.75, 3.05) is 23.9 Å². The first-order valence-corrected chi connectivity index (χ1v) is 12.6. The van der Waals surface area contributed by atoms with Crippen LogP contribution < -0.4 is 15.5 Å². The molecule has 3 heterocycles. The number of rotatable bonds is 8. The van der Waals surface area contributed by atoms with Crippen molar-refractivity contribution in [3.05, 3.63) is 102 Å². The zero-order chi connectivity index (χ0) is 27.5. The topological polar surface area (TPSA) is 117 Å². The maximum absolute atomic E-state index is 12.0. The van der Waals surface area contributed by atoms with E-state index in [1.165, 1.54) is 7.11 Å². The Kier molecular flexibility index (Phi) is 7.40. The van der Waals surface area contributed by atoms with Gasteiger partial charge in [-0.2, -0.15) is 0 Å². The molecule has 5 rings (SSSR count). The number of aromatic nitrogens is 1. The number of ether oxygens (including phenoxy) is 1. The van der Waals surface area contributed by atoms with E-state index in [0.29, 0.717) is 27.9 Å². The molecule has 1 fully saturated rings. The van der Waals surface area contributed by atoms with Crippen LogP contribution in [0.15, 0.2) is 83.4 Å². The summed E-state index contributed by atoms with van der Waals surface area (Å²) < 4.78 is 11.2. The number of nitrogens with one attached hydrogen (secondary N) is 2. The Morgan fingerprint density at radius 2 is 1.92 bits per heavy atom. The standard InChI is InChI=1S/C29H26N4O5S/c1-17-15-18(10-11-21(17)31-25(34)16-37-2)33-27(26(32-29(33)39)22-9-5-6-14-30-22)24-13-12-23(38-24)19-7-3-4-8-20(19)28(35)36/h3-15,26-27H,16H2,1-2H3,(H,31,34)(H,32,39)(H,35,36)/t26-,27-/m1/s1. The van der Waals surface area contributed by atoms with E-state index >= 15 is 0 Å². The summed E-state index contributed by atoms with van der Waals surface area (Å²) in [6.45, 7) is 1.86. The van der Waals surface area contributed by atoms with E-state index in [-0.39, 0.29) is 24.1 Å². The quantitative estimate of drug-likeness (QED) is 0.261. The summed E-state index contributed by atoms with van der Waals surface area (Å²) in [5, 5.41) is 16.4. The van der Waals surface area contributed by atoms with Gasteiger partial charge in [-0.05, 0) is 73.2 Å². The van der Waals surface area contributed by atoms with Crippen molar-refractivity contribution >= 4 is 40.6 Å². The Labute approximate surface area is 230 Å². The van der Waals surface area contributed by atoms with Crippen molar-refractivity contribution in [1.29, 1.82) is 0 Å². The maximum Gasteiger partial charge on any atom is 0.336 e. The third-order valence-corrected chi connectivity index (χ3v) is 6.79. The number of nitrogens with zero attached hydrogens (tertiary/aromatic N) is 2. The smallest absolute Gasteiger partial charge is 0.336 e. The molecule has 1 saturated heterocycles. The van der Waals surface area contributed by atoms with Gasteiger partial charge in [-0.3, -0.25) is 9.78 Å². The first kappa shape index (κ1) is 26.1. The summed E-state index contributed by atoms with van der Waals surface area (Å²) in [7, 11) is 1.47. The fourth-order valence-corrected chi connectivity index (χ4v) is 5.06. The number of thiocarbonyl (C=S) groups is 1. The molecule has 1 aliphatic heterocycles. The molecule has 0 bridgehead atoms. The highest BCUT2D eigenvalue weighted by Gasteiger charge is 2.42. The number of aryl methyl sites for hydroxylation is 1. The number of benzene rings is 2. The predicted octanol–water partition coefficient (Wildman–Crippen LogP) is 5.11. The van der Waals surface area contributed by atoms with E-state index in [0.717, 1.165) is 16.9 Å². The Balaban J connectivity index is 1.56. The second kappa shape index (κ2) is 11.1. The van der Waals surface area contributed by atoms with Gasteiger partial charge in [-0.1, -0.05) is 24.3 Å². The van der Waals surface area contributed by atoms with Crippen LogP contribution in [0.5, 0.6) is 0 Å². The molecule has 0 aliphatic carbocycles. The minimum atomic E-state index is -1.03. The summed E-state index contributed by atoms with van der Waals surface area (Å²) in [4.78, 5) is 30.4. The number of hydrogen-bond acceptors (Lipinski definition) is 6. The van der Waals surface area contributed by atoms with Crippen molar-refractivity contribution in [2.45, 2.75) is 19.0 Å². The van der Waals surface area contributed by atoms with Gasteiger partial charge in [0.25, 0.3) is 0 Å². The third kappa shape index (κ3) is 5.25. The molecule has 39 heavy (non-hydrogen) atoms. The Bertz CT molecular complexity index is 1540. The van der Waals surface area contributed by atoms with Crippen LogP contribution in [0.25, 0.3) is 11.3 Å². The lowest BCUT2D eigenvalue weighted by Gasteiger charge is -2.27. The van der Waals surface area contributed by atoms with Crippen molar-refractivity contribution in [2.24, 2.45) is 0 Å². The molecular weight excluding hydrogens is 516 g/mol. The van der Waals surface area contributed by atoms with E-state index in [2.05, 4.69) is 15.6 Å². The lowest BCUT2D eigenvalue weighted by Crippen LogP contribution is -2.29. The van der Waals surface area contributed by atoms with Crippen LogP contribution in [-0.2, 0) is 9.53 Å². The molecule has 3 N–H and O–H groups in total. The summed E-state index contributed by atoms with van der Waals surface area (Å²) in [6, 6.07) is 20.9. The van der Waals surface area contributed by atoms with Crippen LogP contribution in [0, 0.1) is 6.92 Å². The molecule has 1 amide bonds. The normalized spacial score (nSPS) is 16.7. The summed E-state index contributed by atoms with van der Waals surface area (Å²) in [6.07, 6.45) is 1.72. The predicted molar refractivity (Wildman–Crippen MR) is 151 cm³/mol. The molecule has 0 radical (unpaired) electrons. The van der Waals surface area contributed by atoms with E-state index in [1.54, 1.807) is 36.5 Å². The molecule has 0 unspecified atom stereocenters. The first-order valence-electron chi connectivity index (χ1n) is 12.2. The number of carbonyl (C=O) groups excluding carboxylic acids is 1. The highest BCUT2D eigenvalue weighted by Crippen LogP contribution is 2.43. The Morgan fingerprint density at radius 1 is 1.13 bits per heavy atom. The molecule has 0 spiro atoms. The van der Waals surface area contributed by atoms with Gasteiger partial charge in [0.15, 0.2) is 5.11 Å². The van der Waals surface area contributed by atoms with Crippen molar-refractivity contribution < 1.29 is 23.8 Å². The van der Waals surface area contributed by atoms with E-state index in [1.807, 2.05) is 54.3 Å². The molecule has 2 aromatic carbocycles. The monoisotopic (exact) mass is 542 g/mol. The fourth-order valence-electron chi connectivity index (χ4n) is 4.72. The number of amides is 1. The number of aromatic carboxylic acids is 1. The SMILES string of the molecule is COCC(=O)Nc1ccc(N2C(=S)N[C@H](c3ccccn3)[C@H]2c2ccc(-c3ccccc3C(=O)O)o2)cc1C. The van der Waals surface area contributed by atoms with E-state index < -0.39 is 12.0 Å². The fraction of sp³-hybridized carbons (Fsp3) is 0.172. The Hall–Kier alpha value is -4.54. The molecule has 10 heteroatoms. The van der Waals surface area contributed by atoms with E-state index in [9.17, 15) is 14.7 Å². The molecule has 2 atom stereocenters. The first-order chi connectivity index (χ1) is 18.9. The Morgan fingerprint density at radius 3 is 2.64 bits per heavy atom. The lowest BCUT2D eigenvalue weighted by molar-refractivity contribution is -0.119. The molecule has 0 saturated carbocycles. The number of furan rings is 1. The molecular formula is C29H26N4O5S. The van der Waals surface area contributed by atoms with Crippen LogP contribution in [0.2, 0.25) is 0 Å². The number of carboxylic acids is 1. The second-order valence-electron chi connectivity index (χ2n) is 9.03. The molecule has 2 aromatic heterocycles. The van der Waals surface area contributed by atoms with Gasteiger partial charge in [-0.25, -0.2) is 4.79 Å². The summed E-state index contributed by atoms with van der Waals surface area (Å²) >= 11 is 5.79. The number of methoxy groups -OCH3 is 1. The molecule has 4 aromatic rings. The highest BCUT2D eigenvalue weighted by atomic mass is 32.1. The van der Waals surface area contributed by atoms with Crippen LogP contribution in [-0.4, -0.2) is 40.8 Å². The van der Waals surface area contributed by atoms with Gasteiger partial charge < -0.3 is 29.8 Å². The molecule has 1 aliphatic rings. The largest absolute Gasteiger partial charge is 0.478 e. The number of pyridine rings is 1. The highest BCUT2D eigenvalue weighted by molar-refractivity contribution is 7.80. The summed E-state index contributed by atoms with van der Waals surface area (Å²) in [5.74, 6) is -0.255. The zero-order valence-electron chi connectivity index (χ0n) is 21.3. The number of carboxylic acid groups (broad SMARTS) is 1. The van der Waals surface area contributed by atoms with Gasteiger partial charge in [0.1, 0.15) is 24.2 Å². The zero-order valence-corrected chi connectivity index (χ0v) is 22.1. The number of anilines is 2. The number of hydrogen-bond donors (Lipinski definition) is 3. The lowest BCUT2D eigenvalue weighted by atomic mass is 10.0. The van der Waals surface area contributed by atoms with Gasteiger partial charge in [0, 0.05) is 30.2 Å². The maximum atomic E-state index is 12.0.